The van der Waals surface area contributed by atoms with E-state index in [4.69, 9.17) is 4.74 Å². The Hall–Kier alpha value is -4.05. The summed E-state index contributed by atoms with van der Waals surface area (Å²) < 4.78 is 5.55. The van der Waals surface area contributed by atoms with Crippen molar-refractivity contribution in [3.05, 3.63) is 59.0 Å². The maximum absolute atomic E-state index is 12.9. The summed E-state index contributed by atoms with van der Waals surface area (Å²) in [6.07, 6.45) is 0.813. The van der Waals surface area contributed by atoms with Gasteiger partial charge in [-0.1, -0.05) is 19.1 Å². The molecule has 0 saturated carbocycles. The summed E-state index contributed by atoms with van der Waals surface area (Å²) in [4.78, 5) is 57.7. The van der Waals surface area contributed by atoms with Gasteiger partial charge in [0.2, 0.25) is 5.91 Å². The summed E-state index contributed by atoms with van der Waals surface area (Å²) in [6.45, 7) is 4.12. The van der Waals surface area contributed by atoms with Crippen LogP contribution < -0.4 is 15.0 Å². The van der Waals surface area contributed by atoms with Gasteiger partial charge in [0.15, 0.2) is 11.7 Å². The van der Waals surface area contributed by atoms with Crippen molar-refractivity contribution in [1.29, 1.82) is 0 Å². The number of ether oxygens (including phenoxy) is 1. The molecule has 1 N–H and O–H groups in total. The lowest BCUT2D eigenvalue weighted by Gasteiger charge is -2.29. The Morgan fingerprint density at radius 2 is 1.86 bits per heavy atom. The predicted octanol–water partition coefficient (Wildman–Crippen LogP) is 3.57. The third-order valence-electron chi connectivity index (χ3n) is 5.97. The normalized spacial score (nSPS) is 15.5. The van der Waals surface area contributed by atoms with Gasteiger partial charge in [0.25, 0.3) is 17.7 Å². The topological polar surface area (TPSA) is 109 Å². The van der Waals surface area contributed by atoms with Gasteiger partial charge in [0, 0.05) is 17.5 Å². The monoisotopic (exact) mass is 490 g/mol. The third kappa shape index (κ3) is 3.95. The zero-order valence-corrected chi connectivity index (χ0v) is 19.9. The van der Waals surface area contributed by atoms with E-state index in [-0.39, 0.29) is 12.5 Å². The molecule has 0 fully saturated rings. The van der Waals surface area contributed by atoms with Crippen LogP contribution in [0, 0.1) is 0 Å². The molecule has 0 aliphatic carbocycles. The molecule has 10 heteroatoms. The number of carbonyl (C=O) groups excluding carboxylic acids is 4. The summed E-state index contributed by atoms with van der Waals surface area (Å²) in [5, 5.41) is 4.84. The largest absolute Gasteiger partial charge is 0.482 e. The van der Waals surface area contributed by atoms with Crippen molar-refractivity contribution >= 4 is 45.8 Å². The van der Waals surface area contributed by atoms with Crippen molar-refractivity contribution < 1.29 is 23.9 Å². The fraction of sp³-hybridized carbons (Fsp3) is 0.240. The number of hydrogen-bond donors (Lipinski definition) is 1. The first-order valence-electron chi connectivity index (χ1n) is 11.2. The number of hydrogen-bond acceptors (Lipinski definition) is 7. The Morgan fingerprint density at radius 3 is 2.54 bits per heavy atom. The third-order valence-corrected chi connectivity index (χ3v) is 6.73. The van der Waals surface area contributed by atoms with Crippen LogP contribution >= 0.6 is 11.3 Å². The van der Waals surface area contributed by atoms with Crippen LogP contribution in [-0.4, -0.2) is 52.7 Å². The molecule has 2 aromatic carbocycles. The average Bonchev–Trinajstić information content (AvgIpc) is 3.43. The molecule has 2 aliphatic heterocycles. The molecular formula is C25H22N4O5S. The minimum Gasteiger partial charge on any atom is -0.482 e. The van der Waals surface area contributed by atoms with Crippen LogP contribution in [0.1, 0.15) is 41.0 Å². The van der Waals surface area contributed by atoms with E-state index in [1.807, 2.05) is 25.1 Å². The van der Waals surface area contributed by atoms with E-state index < -0.39 is 23.8 Å². The molecule has 1 aromatic heterocycles. The highest BCUT2D eigenvalue weighted by Gasteiger charge is 2.40. The second-order valence-corrected chi connectivity index (χ2v) is 9.10. The van der Waals surface area contributed by atoms with E-state index in [2.05, 4.69) is 10.3 Å². The van der Waals surface area contributed by atoms with Gasteiger partial charge in [-0.05, 0) is 43.7 Å². The van der Waals surface area contributed by atoms with Crippen LogP contribution in [0.25, 0.3) is 11.3 Å². The maximum Gasteiger partial charge on any atom is 0.265 e. The maximum atomic E-state index is 12.9. The van der Waals surface area contributed by atoms with Gasteiger partial charge in [-0.2, -0.15) is 0 Å². The van der Waals surface area contributed by atoms with Crippen LogP contribution in [0.2, 0.25) is 0 Å². The van der Waals surface area contributed by atoms with Gasteiger partial charge in [0.05, 0.1) is 22.5 Å². The van der Waals surface area contributed by atoms with Gasteiger partial charge in [0.1, 0.15) is 11.8 Å². The number of aromatic nitrogens is 1. The van der Waals surface area contributed by atoms with E-state index in [1.165, 1.54) is 18.3 Å². The standard InChI is InChI=1S/C25H22N4O5S/c1-3-10-28-19-11-15(8-9-20(19)34-12-21(28)30)18-13-35-25(26-18)27-22(31)14(2)29-23(32)16-6-4-5-7-17(16)24(29)33/h4-9,11,13-14H,3,10,12H2,1-2H3,(H,26,27,31)/t14-/m0/s1. The average molecular weight is 491 g/mol. The van der Waals surface area contributed by atoms with Gasteiger partial charge < -0.3 is 15.0 Å². The lowest BCUT2D eigenvalue weighted by Crippen LogP contribution is -2.45. The number of rotatable bonds is 6. The number of carbonyl (C=O) groups is 4. The van der Waals surface area contributed by atoms with Gasteiger partial charge >= 0.3 is 0 Å². The van der Waals surface area contributed by atoms with Crippen molar-refractivity contribution in [3.8, 4) is 17.0 Å². The second-order valence-electron chi connectivity index (χ2n) is 8.25. The lowest BCUT2D eigenvalue weighted by molar-refractivity contribution is -0.121. The molecule has 3 heterocycles. The summed E-state index contributed by atoms with van der Waals surface area (Å²) in [7, 11) is 0. The number of anilines is 2. The first-order valence-corrected chi connectivity index (χ1v) is 12.1. The highest BCUT2D eigenvalue weighted by molar-refractivity contribution is 7.14. The molecule has 0 saturated heterocycles. The number of imide groups is 1. The van der Waals surface area contributed by atoms with Crippen LogP contribution in [0.15, 0.2) is 47.8 Å². The van der Waals surface area contributed by atoms with E-state index in [1.54, 1.807) is 34.5 Å². The Bertz CT molecular complexity index is 1330. The SMILES string of the molecule is CCCN1C(=O)COc2ccc(-c3csc(NC(=O)[C@H](C)N4C(=O)c5ccccc5C4=O)n3)cc21. The fourth-order valence-electron chi connectivity index (χ4n) is 4.18. The summed E-state index contributed by atoms with van der Waals surface area (Å²) in [6, 6.07) is 11.0. The zero-order valence-electron chi connectivity index (χ0n) is 19.1. The molecule has 0 unspecified atom stereocenters. The number of amides is 4. The molecule has 1 atom stereocenters. The second kappa shape index (κ2) is 8.95. The molecule has 0 radical (unpaired) electrons. The predicted molar refractivity (Wildman–Crippen MR) is 131 cm³/mol. The Morgan fingerprint density at radius 1 is 1.14 bits per heavy atom. The van der Waals surface area contributed by atoms with Crippen molar-refractivity contribution in [2.24, 2.45) is 0 Å². The molecule has 35 heavy (non-hydrogen) atoms. The van der Waals surface area contributed by atoms with Crippen molar-refractivity contribution in [2.45, 2.75) is 26.3 Å². The van der Waals surface area contributed by atoms with Crippen LogP contribution in [0.5, 0.6) is 5.75 Å². The number of thiazole rings is 1. The molecule has 178 valence electrons. The quantitative estimate of drug-likeness (QED) is 0.529. The van der Waals surface area contributed by atoms with E-state index in [0.29, 0.717) is 39.9 Å². The Balaban J connectivity index is 1.33. The Kier molecular flexibility index (Phi) is 5.81. The number of benzene rings is 2. The Labute approximate surface area is 205 Å². The minimum absolute atomic E-state index is 0.0184. The molecule has 3 aromatic rings. The van der Waals surface area contributed by atoms with Crippen molar-refractivity contribution in [2.75, 3.05) is 23.4 Å². The fourth-order valence-corrected chi connectivity index (χ4v) is 4.90. The van der Waals surface area contributed by atoms with E-state index >= 15 is 0 Å². The summed E-state index contributed by atoms with van der Waals surface area (Å²) >= 11 is 1.23. The smallest absolute Gasteiger partial charge is 0.265 e. The number of nitrogens with one attached hydrogen (secondary N) is 1. The van der Waals surface area contributed by atoms with Crippen LogP contribution in [-0.2, 0) is 9.59 Å². The summed E-state index contributed by atoms with van der Waals surface area (Å²) in [5.41, 5.74) is 2.67. The number of fused-ring (bicyclic) bond motifs is 2. The molecular weight excluding hydrogens is 468 g/mol. The molecule has 4 amide bonds. The molecule has 2 aliphatic rings. The van der Waals surface area contributed by atoms with Gasteiger partial charge in [-0.25, -0.2) is 4.98 Å². The molecule has 0 spiro atoms. The summed E-state index contributed by atoms with van der Waals surface area (Å²) in [5.74, 6) is -0.949. The van der Waals surface area contributed by atoms with Gasteiger partial charge in [-0.3, -0.25) is 24.1 Å². The zero-order chi connectivity index (χ0) is 24.7. The van der Waals surface area contributed by atoms with Crippen LogP contribution in [0.4, 0.5) is 10.8 Å². The van der Waals surface area contributed by atoms with Crippen molar-refractivity contribution in [1.82, 2.24) is 9.88 Å². The highest BCUT2D eigenvalue weighted by Crippen LogP contribution is 2.37. The highest BCUT2D eigenvalue weighted by atomic mass is 32.1. The molecule has 9 nitrogen and oxygen atoms in total. The lowest BCUT2D eigenvalue weighted by atomic mass is 10.1. The van der Waals surface area contributed by atoms with Crippen molar-refractivity contribution in [3.63, 3.8) is 0 Å². The van der Waals surface area contributed by atoms with E-state index in [0.717, 1.165) is 16.9 Å². The number of nitrogens with zero attached hydrogens (tertiary/aromatic N) is 3. The minimum atomic E-state index is -1.01. The first-order chi connectivity index (χ1) is 16.9. The molecule has 5 rings (SSSR count). The first kappa shape index (κ1) is 22.7. The van der Waals surface area contributed by atoms with E-state index in [9.17, 15) is 19.2 Å². The van der Waals surface area contributed by atoms with Gasteiger partial charge in [-0.15, -0.1) is 11.3 Å². The molecule has 0 bridgehead atoms. The van der Waals surface area contributed by atoms with Crippen LogP contribution in [0.3, 0.4) is 0 Å².